The van der Waals surface area contributed by atoms with Gasteiger partial charge in [-0.2, -0.15) is 0 Å². The molecular formula is C29H34ClN3O4S. The fraction of sp³-hybridized carbons (Fsp3) is 0.414. The van der Waals surface area contributed by atoms with Crippen molar-refractivity contribution >= 4 is 40.6 Å². The van der Waals surface area contributed by atoms with Crippen molar-refractivity contribution < 1.29 is 14.3 Å². The number of aromatic nitrogens is 1. The maximum atomic E-state index is 13.3. The molecule has 0 saturated carbocycles. The molecule has 1 aromatic carbocycles. The van der Waals surface area contributed by atoms with Crippen LogP contribution in [0.25, 0.3) is 5.69 Å². The second kappa shape index (κ2) is 12.6. The van der Waals surface area contributed by atoms with E-state index in [0.29, 0.717) is 27.4 Å². The van der Waals surface area contributed by atoms with E-state index < -0.39 is 12.2 Å². The van der Waals surface area contributed by atoms with Gasteiger partial charge in [0.1, 0.15) is 6.10 Å². The number of carbonyl (C=O) groups excluding carboxylic acids is 2. The van der Waals surface area contributed by atoms with Crippen LogP contribution >= 0.6 is 22.9 Å². The Hall–Kier alpha value is -3.10. The molecule has 2 atom stereocenters. The monoisotopic (exact) mass is 555 g/mol. The molecule has 0 spiro atoms. The third-order valence-corrected chi connectivity index (χ3v) is 8.27. The molecule has 1 aliphatic heterocycles. The standard InChI is InChI=1S/C29H34ClN3O4S/c1-4-7-20(5-2)9-10-21-8-6-15-32(28(21)35)24-12-11-22(16-19(24)3)33-18-23(37-29(33)36)17-31-27(34)25-13-14-26(30)38-25/h6,8,11-16,20,23H,4-5,7,9-10,17-18H2,1-3H3,(H,31,34)/t20?,23-/m0/s1. The van der Waals surface area contributed by atoms with Crippen molar-refractivity contribution in [1.82, 2.24) is 9.88 Å². The second-order valence-electron chi connectivity index (χ2n) is 9.71. The summed E-state index contributed by atoms with van der Waals surface area (Å²) >= 11 is 7.10. The van der Waals surface area contributed by atoms with Crippen LogP contribution in [0.2, 0.25) is 4.34 Å². The lowest BCUT2D eigenvalue weighted by Gasteiger charge is -2.17. The molecular weight excluding hydrogens is 522 g/mol. The predicted molar refractivity (Wildman–Crippen MR) is 153 cm³/mol. The molecule has 2 amide bonds. The first-order chi connectivity index (χ1) is 18.3. The molecule has 0 bridgehead atoms. The van der Waals surface area contributed by atoms with Crippen LogP contribution in [0.5, 0.6) is 0 Å². The van der Waals surface area contributed by atoms with E-state index in [2.05, 4.69) is 19.2 Å². The minimum Gasteiger partial charge on any atom is -0.442 e. The van der Waals surface area contributed by atoms with Crippen molar-refractivity contribution in [3.05, 3.63) is 79.4 Å². The van der Waals surface area contributed by atoms with E-state index in [1.807, 2.05) is 37.3 Å². The molecule has 4 rings (SSSR count). The van der Waals surface area contributed by atoms with Crippen LogP contribution in [0.1, 0.15) is 60.3 Å². The number of thiophene rings is 1. The zero-order valence-corrected chi connectivity index (χ0v) is 23.6. The Balaban J connectivity index is 1.43. The first-order valence-corrected chi connectivity index (χ1v) is 14.3. The molecule has 1 N–H and O–H groups in total. The largest absolute Gasteiger partial charge is 0.442 e. The summed E-state index contributed by atoms with van der Waals surface area (Å²) in [6.45, 7) is 6.86. The van der Waals surface area contributed by atoms with Gasteiger partial charge in [-0.3, -0.25) is 19.1 Å². The summed E-state index contributed by atoms with van der Waals surface area (Å²) in [5.41, 5.74) is 3.16. The summed E-state index contributed by atoms with van der Waals surface area (Å²) in [6, 6.07) is 12.8. The van der Waals surface area contributed by atoms with Crippen LogP contribution < -0.4 is 15.8 Å². The molecule has 0 aliphatic carbocycles. The number of cyclic esters (lactones) is 1. The number of nitrogens with zero attached hydrogens (tertiary/aromatic N) is 2. The Labute approximate surface area is 232 Å². The smallest absolute Gasteiger partial charge is 0.414 e. The lowest BCUT2D eigenvalue weighted by molar-refractivity contribution is 0.0920. The van der Waals surface area contributed by atoms with Gasteiger partial charge in [-0.1, -0.05) is 50.8 Å². The topological polar surface area (TPSA) is 80.6 Å². The van der Waals surface area contributed by atoms with E-state index in [1.54, 1.807) is 27.8 Å². The summed E-state index contributed by atoms with van der Waals surface area (Å²) in [7, 11) is 0. The zero-order chi connectivity index (χ0) is 27.2. The summed E-state index contributed by atoms with van der Waals surface area (Å²) in [5.74, 6) is 0.389. The minimum absolute atomic E-state index is 0.00174. The van der Waals surface area contributed by atoms with Crippen LogP contribution in [0.15, 0.2) is 53.5 Å². The highest BCUT2D eigenvalue weighted by Crippen LogP contribution is 2.26. The summed E-state index contributed by atoms with van der Waals surface area (Å²) in [4.78, 5) is 40.2. The minimum atomic E-state index is -0.471. The molecule has 1 fully saturated rings. The molecule has 3 heterocycles. The maximum absolute atomic E-state index is 13.3. The van der Waals surface area contributed by atoms with Crippen molar-refractivity contribution in [3.63, 3.8) is 0 Å². The third-order valence-electron chi connectivity index (χ3n) is 7.04. The van der Waals surface area contributed by atoms with E-state index in [-0.39, 0.29) is 18.0 Å². The molecule has 1 unspecified atom stereocenters. The normalized spacial score (nSPS) is 15.9. The van der Waals surface area contributed by atoms with Gasteiger partial charge in [0.15, 0.2) is 0 Å². The van der Waals surface area contributed by atoms with Gasteiger partial charge < -0.3 is 10.1 Å². The molecule has 0 radical (unpaired) electrons. The number of nitrogens with one attached hydrogen (secondary N) is 1. The van der Waals surface area contributed by atoms with Gasteiger partial charge in [0.05, 0.1) is 28.0 Å². The van der Waals surface area contributed by atoms with Gasteiger partial charge in [0.2, 0.25) is 0 Å². The van der Waals surface area contributed by atoms with Gasteiger partial charge in [-0.05, 0) is 67.6 Å². The number of benzene rings is 1. The highest BCUT2D eigenvalue weighted by Gasteiger charge is 2.33. The van der Waals surface area contributed by atoms with Gasteiger partial charge in [-0.25, -0.2) is 4.79 Å². The van der Waals surface area contributed by atoms with Crippen LogP contribution in [0.3, 0.4) is 0 Å². The number of halogens is 1. The van der Waals surface area contributed by atoms with Crippen molar-refractivity contribution in [1.29, 1.82) is 0 Å². The zero-order valence-electron chi connectivity index (χ0n) is 22.0. The molecule has 38 heavy (non-hydrogen) atoms. The summed E-state index contributed by atoms with van der Waals surface area (Å²) in [6.07, 6.45) is 6.12. The van der Waals surface area contributed by atoms with Gasteiger partial charge in [0.25, 0.3) is 11.5 Å². The average molecular weight is 556 g/mol. The van der Waals surface area contributed by atoms with Crippen LogP contribution in [-0.2, 0) is 11.2 Å². The number of aryl methyl sites for hydroxylation is 2. The number of pyridine rings is 1. The number of hydrogen-bond donors (Lipinski definition) is 1. The summed E-state index contributed by atoms with van der Waals surface area (Å²) in [5, 5.41) is 2.80. The number of hydrogen-bond acceptors (Lipinski definition) is 5. The number of ether oxygens (including phenoxy) is 1. The van der Waals surface area contributed by atoms with Crippen LogP contribution in [0.4, 0.5) is 10.5 Å². The first kappa shape index (κ1) is 27.9. The lowest BCUT2D eigenvalue weighted by Crippen LogP contribution is -2.34. The molecule has 202 valence electrons. The molecule has 1 saturated heterocycles. The van der Waals surface area contributed by atoms with Crippen molar-refractivity contribution in [2.75, 3.05) is 18.0 Å². The average Bonchev–Trinajstić information content (AvgIpc) is 3.51. The lowest BCUT2D eigenvalue weighted by atomic mass is 9.93. The SMILES string of the molecule is CCCC(CC)CCc1cccn(-c2ccc(N3C[C@H](CNC(=O)c4ccc(Cl)s4)OC3=O)cc2C)c1=O. The molecule has 9 heteroatoms. The van der Waals surface area contributed by atoms with E-state index in [9.17, 15) is 14.4 Å². The molecule has 1 aliphatic rings. The Morgan fingerprint density at radius 3 is 2.68 bits per heavy atom. The fourth-order valence-electron chi connectivity index (χ4n) is 4.89. The molecule has 7 nitrogen and oxygen atoms in total. The predicted octanol–water partition coefficient (Wildman–Crippen LogP) is 6.37. The Morgan fingerprint density at radius 2 is 2.00 bits per heavy atom. The number of rotatable bonds is 11. The Kier molecular flexibility index (Phi) is 9.28. The quantitative estimate of drug-likeness (QED) is 0.298. The Morgan fingerprint density at radius 1 is 1.18 bits per heavy atom. The summed E-state index contributed by atoms with van der Waals surface area (Å²) < 4.78 is 7.70. The number of anilines is 1. The second-order valence-corrected chi connectivity index (χ2v) is 11.4. The van der Waals surface area contributed by atoms with Crippen LogP contribution in [-0.4, -0.2) is 35.8 Å². The third kappa shape index (κ3) is 6.48. The van der Waals surface area contributed by atoms with Crippen molar-refractivity contribution in [2.45, 2.75) is 59.0 Å². The first-order valence-electron chi connectivity index (χ1n) is 13.1. The van der Waals surface area contributed by atoms with E-state index in [1.165, 1.54) is 17.8 Å². The van der Waals surface area contributed by atoms with E-state index in [4.69, 9.17) is 16.3 Å². The van der Waals surface area contributed by atoms with Gasteiger partial charge >= 0.3 is 6.09 Å². The fourth-order valence-corrected chi connectivity index (χ4v) is 5.85. The number of carbonyl (C=O) groups is 2. The number of amides is 2. The molecule has 3 aromatic rings. The van der Waals surface area contributed by atoms with Crippen LogP contribution in [0, 0.1) is 12.8 Å². The Bertz CT molecular complexity index is 1350. The van der Waals surface area contributed by atoms with Crippen molar-refractivity contribution in [2.24, 2.45) is 5.92 Å². The van der Waals surface area contributed by atoms with Gasteiger partial charge in [-0.15, -0.1) is 11.3 Å². The van der Waals surface area contributed by atoms with E-state index >= 15 is 0 Å². The van der Waals surface area contributed by atoms with Crippen molar-refractivity contribution in [3.8, 4) is 5.69 Å². The van der Waals surface area contributed by atoms with E-state index in [0.717, 1.165) is 42.5 Å². The van der Waals surface area contributed by atoms with Gasteiger partial charge in [0, 0.05) is 17.4 Å². The molecule has 2 aromatic heterocycles. The highest BCUT2D eigenvalue weighted by molar-refractivity contribution is 7.18. The highest BCUT2D eigenvalue weighted by atomic mass is 35.5. The maximum Gasteiger partial charge on any atom is 0.414 e.